The second-order valence-electron chi connectivity index (χ2n) is 5.21. The number of urea groups is 1. The molecule has 2 heterocycles. The van der Waals surface area contributed by atoms with Crippen LogP contribution in [0.3, 0.4) is 0 Å². The minimum absolute atomic E-state index is 0.223. The topological polar surface area (TPSA) is 73.5 Å². The van der Waals surface area contributed by atoms with Crippen LogP contribution in [0.15, 0.2) is 0 Å². The van der Waals surface area contributed by atoms with E-state index in [4.69, 9.17) is 0 Å². The summed E-state index contributed by atoms with van der Waals surface area (Å²) in [6.45, 7) is 5.90. The Morgan fingerprint density at radius 2 is 2.06 bits per heavy atom. The second kappa shape index (κ2) is 5.67. The highest BCUT2D eigenvalue weighted by atomic mass is 16.2. The molecule has 0 spiro atoms. The van der Waals surface area contributed by atoms with Crippen LogP contribution in [0.4, 0.5) is 4.79 Å². The fourth-order valence-corrected chi connectivity index (χ4v) is 2.86. The highest BCUT2D eigenvalue weighted by Crippen LogP contribution is 2.27. The van der Waals surface area contributed by atoms with E-state index in [1.807, 2.05) is 6.92 Å². The summed E-state index contributed by atoms with van der Waals surface area (Å²) in [5.41, 5.74) is 0. The number of nitrogens with one attached hydrogen (secondary N) is 3. The van der Waals surface area contributed by atoms with Crippen molar-refractivity contribution in [2.24, 2.45) is 11.8 Å². The molecule has 0 aromatic carbocycles. The van der Waals surface area contributed by atoms with E-state index in [9.17, 15) is 9.59 Å². The van der Waals surface area contributed by atoms with Crippen LogP contribution in [0, 0.1) is 11.8 Å². The molecule has 0 aliphatic carbocycles. The predicted octanol–water partition coefficient (Wildman–Crippen LogP) is -0.628. The van der Waals surface area contributed by atoms with Crippen molar-refractivity contribution in [3.8, 4) is 0 Å². The summed E-state index contributed by atoms with van der Waals surface area (Å²) in [6, 6.07) is -0.687. The van der Waals surface area contributed by atoms with Crippen LogP contribution in [0.2, 0.25) is 0 Å². The smallest absolute Gasteiger partial charge is 0.321 e. The number of nitrogens with zero attached hydrogens (tertiary/aromatic N) is 1. The summed E-state index contributed by atoms with van der Waals surface area (Å²) in [5.74, 6) is 1.18. The molecule has 3 amide bonds. The molecule has 3 atom stereocenters. The first kappa shape index (κ1) is 13.3. The van der Waals surface area contributed by atoms with E-state index in [-0.39, 0.29) is 11.9 Å². The van der Waals surface area contributed by atoms with Gasteiger partial charge in [-0.05, 0) is 44.8 Å². The van der Waals surface area contributed by atoms with Gasteiger partial charge in [-0.15, -0.1) is 0 Å². The van der Waals surface area contributed by atoms with Gasteiger partial charge in [-0.1, -0.05) is 0 Å². The van der Waals surface area contributed by atoms with E-state index in [1.165, 1.54) is 7.05 Å². The number of hydrogen-bond acceptors (Lipinski definition) is 4. The fraction of sp³-hybridized carbons (Fsp3) is 0.833. The third-order valence-corrected chi connectivity index (χ3v) is 4.13. The number of hydrogen-bond donors (Lipinski definition) is 3. The number of carbonyl (C=O) groups is 2. The van der Waals surface area contributed by atoms with Gasteiger partial charge in [0.1, 0.15) is 0 Å². The van der Waals surface area contributed by atoms with E-state index in [1.54, 1.807) is 0 Å². The monoisotopic (exact) mass is 254 g/mol. The van der Waals surface area contributed by atoms with Gasteiger partial charge in [-0.25, -0.2) is 4.79 Å². The van der Waals surface area contributed by atoms with Gasteiger partial charge in [-0.3, -0.25) is 15.0 Å². The average Bonchev–Trinajstić information content (AvgIpc) is 2.84. The minimum Gasteiger partial charge on any atom is -0.341 e. The lowest BCUT2D eigenvalue weighted by Gasteiger charge is -2.37. The fourth-order valence-electron chi connectivity index (χ4n) is 2.86. The number of carbonyl (C=O) groups excluding carboxylic acids is 2. The summed E-state index contributed by atoms with van der Waals surface area (Å²) < 4.78 is 0. The van der Waals surface area contributed by atoms with Gasteiger partial charge < -0.3 is 10.6 Å². The van der Waals surface area contributed by atoms with E-state index in [0.717, 1.165) is 38.5 Å². The Balaban J connectivity index is 1.87. The Hall–Kier alpha value is -1.14. The molecule has 102 valence electrons. The van der Waals surface area contributed by atoms with Crippen LogP contribution < -0.4 is 16.0 Å². The first-order chi connectivity index (χ1) is 8.61. The van der Waals surface area contributed by atoms with Crippen LogP contribution in [-0.4, -0.2) is 56.1 Å². The number of fused-ring (bicyclic) bond motifs is 1. The van der Waals surface area contributed by atoms with Crippen LogP contribution >= 0.6 is 0 Å². The summed E-state index contributed by atoms with van der Waals surface area (Å²) in [5, 5.41) is 8.13. The molecular formula is C12H22N4O2. The summed E-state index contributed by atoms with van der Waals surface area (Å²) in [4.78, 5) is 25.2. The Morgan fingerprint density at radius 3 is 2.78 bits per heavy atom. The Morgan fingerprint density at radius 1 is 1.33 bits per heavy atom. The molecule has 0 aromatic rings. The van der Waals surface area contributed by atoms with Gasteiger partial charge in [0.05, 0.1) is 6.04 Å². The molecule has 0 aromatic heterocycles. The minimum atomic E-state index is -0.440. The van der Waals surface area contributed by atoms with Crippen LogP contribution in [-0.2, 0) is 4.79 Å². The molecule has 18 heavy (non-hydrogen) atoms. The Bertz CT molecular complexity index is 334. The highest BCUT2D eigenvalue weighted by molar-refractivity contribution is 5.96. The molecule has 0 bridgehead atoms. The lowest BCUT2D eigenvalue weighted by molar-refractivity contribution is -0.125. The van der Waals surface area contributed by atoms with Gasteiger partial charge in [0.25, 0.3) is 0 Å². The van der Waals surface area contributed by atoms with Crippen LogP contribution in [0.1, 0.15) is 13.3 Å². The molecule has 3 unspecified atom stereocenters. The summed E-state index contributed by atoms with van der Waals surface area (Å²) in [7, 11) is 1.50. The molecule has 2 fully saturated rings. The normalized spacial score (nSPS) is 29.4. The van der Waals surface area contributed by atoms with Crippen molar-refractivity contribution in [3.63, 3.8) is 0 Å². The number of piperidine rings is 1. The number of likely N-dealkylation sites (tertiary alicyclic amines) is 1. The van der Waals surface area contributed by atoms with E-state index < -0.39 is 6.03 Å². The zero-order valence-corrected chi connectivity index (χ0v) is 11.0. The molecule has 0 radical (unpaired) electrons. The number of rotatable bonds is 2. The molecule has 2 aliphatic rings. The summed E-state index contributed by atoms with van der Waals surface area (Å²) in [6.07, 6.45) is 1.13. The van der Waals surface area contributed by atoms with Gasteiger partial charge >= 0.3 is 6.03 Å². The lowest BCUT2D eigenvalue weighted by atomic mass is 9.88. The van der Waals surface area contributed by atoms with Crippen molar-refractivity contribution in [1.82, 2.24) is 20.9 Å². The quantitative estimate of drug-likeness (QED) is 0.613. The SMILES string of the molecule is CNC(=O)NC(=O)C(C)N1CCC2CNCC2C1. The van der Waals surface area contributed by atoms with Crippen molar-refractivity contribution in [2.75, 3.05) is 33.2 Å². The molecule has 3 N–H and O–H groups in total. The zero-order chi connectivity index (χ0) is 13.1. The lowest BCUT2D eigenvalue weighted by Crippen LogP contribution is -2.52. The second-order valence-corrected chi connectivity index (χ2v) is 5.21. The van der Waals surface area contributed by atoms with Gasteiger partial charge in [0.15, 0.2) is 0 Å². The molecular weight excluding hydrogens is 232 g/mol. The van der Waals surface area contributed by atoms with Crippen molar-refractivity contribution in [2.45, 2.75) is 19.4 Å². The van der Waals surface area contributed by atoms with Gasteiger partial charge in [0, 0.05) is 13.6 Å². The average molecular weight is 254 g/mol. The highest BCUT2D eigenvalue weighted by Gasteiger charge is 2.35. The summed E-state index contributed by atoms with van der Waals surface area (Å²) >= 11 is 0. The van der Waals surface area contributed by atoms with Crippen molar-refractivity contribution >= 4 is 11.9 Å². The van der Waals surface area contributed by atoms with Crippen molar-refractivity contribution in [3.05, 3.63) is 0 Å². The number of imide groups is 1. The first-order valence-electron chi connectivity index (χ1n) is 6.59. The van der Waals surface area contributed by atoms with Crippen molar-refractivity contribution < 1.29 is 9.59 Å². The molecule has 0 saturated carbocycles. The molecule has 2 rings (SSSR count). The largest absolute Gasteiger partial charge is 0.341 e. The van der Waals surface area contributed by atoms with Gasteiger partial charge in [-0.2, -0.15) is 0 Å². The van der Waals surface area contributed by atoms with E-state index in [0.29, 0.717) is 5.92 Å². The van der Waals surface area contributed by atoms with E-state index in [2.05, 4.69) is 20.9 Å². The Kier molecular flexibility index (Phi) is 4.19. The van der Waals surface area contributed by atoms with Crippen LogP contribution in [0.5, 0.6) is 0 Å². The maximum Gasteiger partial charge on any atom is 0.321 e. The Labute approximate surface area is 107 Å². The van der Waals surface area contributed by atoms with Crippen molar-refractivity contribution in [1.29, 1.82) is 0 Å². The van der Waals surface area contributed by atoms with E-state index >= 15 is 0 Å². The standard InChI is InChI=1S/C12H22N4O2/c1-8(11(17)15-12(18)13-2)16-4-3-9-5-14-6-10(9)7-16/h8-10,14H,3-7H2,1-2H3,(H2,13,15,17,18). The predicted molar refractivity (Wildman–Crippen MR) is 68.1 cm³/mol. The maximum absolute atomic E-state index is 11.9. The third-order valence-electron chi connectivity index (χ3n) is 4.13. The number of amides is 3. The molecule has 2 aliphatic heterocycles. The molecule has 6 nitrogen and oxygen atoms in total. The first-order valence-corrected chi connectivity index (χ1v) is 6.59. The van der Waals surface area contributed by atoms with Gasteiger partial charge in [0.2, 0.25) is 5.91 Å². The zero-order valence-electron chi connectivity index (χ0n) is 11.0. The third kappa shape index (κ3) is 2.81. The van der Waals surface area contributed by atoms with Crippen LogP contribution in [0.25, 0.3) is 0 Å². The molecule has 6 heteroatoms. The molecule has 2 saturated heterocycles. The maximum atomic E-state index is 11.9.